The molecular weight excluding hydrogens is 323 g/mol. The molecule has 0 saturated heterocycles. The van der Waals surface area contributed by atoms with Crippen LogP contribution in [0, 0.1) is 0 Å². The summed E-state index contributed by atoms with van der Waals surface area (Å²) in [6, 6.07) is 3.58. The monoisotopic (exact) mass is 332 g/mol. The lowest BCUT2D eigenvalue weighted by Gasteiger charge is -2.23. The summed E-state index contributed by atoms with van der Waals surface area (Å²) in [7, 11) is 0. The molecule has 2 rings (SSSR count). The van der Waals surface area contributed by atoms with Gasteiger partial charge in [-0.15, -0.1) is 0 Å². The summed E-state index contributed by atoms with van der Waals surface area (Å²) < 4.78 is 5.09. The molecule has 0 N–H and O–H groups in total. The fraction of sp³-hybridized carbons (Fsp3) is 0.231. The van der Waals surface area contributed by atoms with E-state index in [9.17, 15) is 4.79 Å². The molecule has 106 valence electrons. The van der Waals surface area contributed by atoms with Crippen molar-refractivity contribution in [2.24, 2.45) is 0 Å². The van der Waals surface area contributed by atoms with E-state index in [1.165, 1.54) is 6.08 Å². The first-order valence-corrected chi connectivity index (χ1v) is 6.92. The van der Waals surface area contributed by atoms with Crippen LogP contribution in [-0.2, 0) is 16.1 Å². The second-order valence-corrected chi connectivity index (χ2v) is 5.50. The second-order valence-electron chi connectivity index (χ2n) is 4.11. The maximum Gasteiger partial charge on any atom is 0.333 e. The summed E-state index contributed by atoms with van der Waals surface area (Å²) in [5.74, 6) is -0.347. The first kappa shape index (κ1) is 15.2. The summed E-state index contributed by atoms with van der Waals surface area (Å²) in [6.07, 6.45) is 4.79. The summed E-state index contributed by atoms with van der Waals surface area (Å²) in [6.45, 7) is 1.26. The molecule has 0 atom stereocenters. The van der Waals surface area contributed by atoms with Gasteiger partial charge in [0, 0.05) is 25.4 Å². The minimum atomic E-state index is -0.347. The molecule has 2 heterocycles. The van der Waals surface area contributed by atoms with Gasteiger partial charge >= 0.3 is 5.97 Å². The minimum Gasteiger partial charge on any atom is -0.456 e. The van der Waals surface area contributed by atoms with E-state index in [2.05, 4.69) is 4.98 Å². The van der Waals surface area contributed by atoms with Gasteiger partial charge in [0.1, 0.15) is 16.3 Å². The quantitative estimate of drug-likeness (QED) is 0.612. The zero-order chi connectivity index (χ0) is 14.5. The lowest BCUT2D eigenvalue weighted by molar-refractivity contribution is -0.135. The van der Waals surface area contributed by atoms with Crippen LogP contribution < -0.4 is 0 Å². The molecule has 0 aromatic carbocycles. The molecular formula is C13H11Cl3N2O2. The molecule has 0 aliphatic carbocycles. The van der Waals surface area contributed by atoms with Crippen LogP contribution in [0.25, 0.3) is 0 Å². The van der Waals surface area contributed by atoms with Crippen LogP contribution in [0.2, 0.25) is 5.15 Å². The Bertz CT molecular complexity index is 551. The van der Waals surface area contributed by atoms with Crippen molar-refractivity contribution in [3.8, 4) is 0 Å². The topological polar surface area (TPSA) is 42.4 Å². The van der Waals surface area contributed by atoms with Crippen LogP contribution >= 0.6 is 34.8 Å². The van der Waals surface area contributed by atoms with E-state index in [1.54, 1.807) is 18.3 Å². The van der Waals surface area contributed by atoms with E-state index >= 15 is 0 Å². The Morgan fingerprint density at radius 2 is 2.25 bits per heavy atom. The summed E-state index contributed by atoms with van der Waals surface area (Å²) in [5.41, 5.74) is 1.73. The number of nitrogens with zero attached hydrogens (tertiary/aromatic N) is 2. The van der Waals surface area contributed by atoms with E-state index in [-0.39, 0.29) is 17.1 Å². The highest BCUT2D eigenvalue weighted by molar-refractivity contribution is 6.55. The average Bonchev–Trinajstić information content (AvgIpc) is 2.83. The maximum absolute atomic E-state index is 11.2. The molecule has 20 heavy (non-hydrogen) atoms. The van der Waals surface area contributed by atoms with Crippen molar-refractivity contribution in [1.82, 2.24) is 9.88 Å². The van der Waals surface area contributed by atoms with Gasteiger partial charge in [-0.2, -0.15) is 0 Å². The van der Waals surface area contributed by atoms with Crippen molar-refractivity contribution in [2.75, 3.05) is 13.2 Å². The average molecular weight is 334 g/mol. The number of aromatic nitrogens is 1. The van der Waals surface area contributed by atoms with Gasteiger partial charge in [-0.1, -0.05) is 40.9 Å². The normalized spacial score (nSPS) is 13.8. The molecule has 0 amide bonds. The molecule has 0 unspecified atom stereocenters. The number of carbonyl (C=O) groups is 1. The molecule has 1 aliphatic rings. The van der Waals surface area contributed by atoms with E-state index in [4.69, 9.17) is 39.5 Å². The number of esters is 1. The Morgan fingerprint density at radius 3 is 2.80 bits per heavy atom. The van der Waals surface area contributed by atoms with Crippen LogP contribution in [0.3, 0.4) is 0 Å². The van der Waals surface area contributed by atoms with Gasteiger partial charge in [0.2, 0.25) is 0 Å². The molecule has 0 fully saturated rings. The Morgan fingerprint density at radius 1 is 1.45 bits per heavy atom. The van der Waals surface area contributed by atoms with E-state index in [0.717, 1.165) is 11.3 Å². The zero-order valence-corrected chi connectivity index (χ0v) is 12.6. The van der Waals surface area contributed by atoms with E-state index in [0.29, 0.717) is 18.2 Å². The number of cyclic esters (lactones) is 1. The van der Waals surface area contributed by atoms with Crippen LogP contribution in [0.1, 0.15) is 5.56 Å². The van der Waals surface area contributed by atoms with Gasteiger partial charge in [-0.05, 0) is 17.7 Å². The predicted molar refractivity (Wildman–Crippen MR) is 78.5 cm³/mol. The Hall–Kier alpha value is -1.23. The van der Waals surface area contributed by atoms with Gasteiger partial charge in [-0.3, -0.25) is 0 Å². The smallest absolute Gasteiger partial charge is 0.333 e. The number of rotatable bonds is 5. The first-order chi connectivity index (χ1) is 9.54. The Labute approximate surface area is 131 Å². The molecule has 0 radical (unpaired) electrons. The van der Waals surface area contributed by atoms with E-state index in [1.807, 2.05) is 11.0 Å². The van der Waals surface area contributed by atoms with Gasteiger partial charge in [0.25, 0.3) is 0 Å². The number of carbonyl (C=O) groups excluding carboxylic acids is 1. The van der Waals surface area contributed by atoms with Crippen molar-refractivity contribution >= 4 is 40.8 Å². The molecule has 7 heteroatoms. The minimum absolute atomic E-state index is 0.176. The lowest BCUT2D eigenvalue weighted by Crippen LogP contribution is -2.24. The zero-order valence-electron chi connectivity index (χ0n) is 10.4. The summed E-state index contributed by atoms with van der Waals surface area (Å²) in [5, 5.41) is 0.433. The van der Waals surface area contributed by atoms with Gasteiger partial charge in [-0.25, -0.2) is 9.78 Å². The number of halogens is 3. The third kappa shape index (κ3) is 4.40. The standard InChI is InChI=1S/C13H11Cl3N2O2/c14-11(15)3-4-18(10-5-13(19)20-8-10)7-9-1-2-12(16)17-6-9/h1-3,5-6H,4,7-8H2. The molecule has 0 bridgehead atoms. The number of pyridine rings is 1. The second kappa shape index (κ2) is 6.97. The summed E-state index contributed by atoms with van der Waals surface area (Å²) in [4.78, 5) is 17.1. The van der Waals surface area contributed by atoms with Crippen molar-refractivity contribution in [3.63, 3.8) is 0 Å². The first-order valence-electron chi connectivity index (χ1n) is 5.78. The van der Waals surface area contributed by atoms with Crippen LogP contribution in [0.5, 0.6) is 0 Å². The third-order valence-electron chi connectivity index (χ3n) is 2.68. The Balaban J connectivity index is 2.13. The highest BCUT2D eigenvalue weighted by Crippen LogP contribution is 2.18. The van der Waals surface area contributed by atoms with Gasteiger partial charge in [0.15, 0.2) is 0 Å². The summed E-state index contributed by atoms with van der Waals surface area (Å²) >= 11 is 17.0. The fourth-order valence-corrected chi connectivity index (χ4v) is 1.98. The van der Waals surface area contributed by atoms with Crippen molar-refractivity contribution in [3.05, 3.63) is 51.4 Å². The van der Waals surface area contributed by atoms with Crippen LogP contribution in [-0.4, -0.2) is 29.0 Å². The molecule has 1 aromatic rings. The Kier molecular flexibility index (Phi) is 5.29. The fourth-order valence-electron chi connectivity index (χ4n) is 1.73. The third-order valence-corrected chi connectivity index (χ3v) is 3.21. The lowest BCUT2D eigenvalue weighted by atomic mass is 10.2. The highest BCUT2D eigenvalue weighted by atomic mass is 35.5. The van der Waals surface area contributed by atoms with E-state index < -0.39 is 0 Å². The van der Waals surface area contributed by atoms with Crippen molar-refractivity contribution in [1.29, 1.82) is 0 Å². The SMILES string of the molecule is O=C1C=C(N(CC=C(Cl)Cl)Cc2ccc(Cl)nc2)CO1. The van der Waals surface area contributed by atoms with Crippen LogP contribution in [0.4, 0.5) is 0 Å². The number of hydrogen-bond acceptors (Lipinski definition) is 4. The largest absolute Gasteiger partial charge is 0.456 e. The van der Waals surface area contributed by atoms with Gasteiger partial charge in [0.05, 0.1) is 5.70 Å². The van der Waals surface area contributed by atoms with Crippen LogP contribution in [0.15, 0.2) is 40.7 Å². The number of ether oxygens (including phenoxy) is 1. The molecule has 0 spiro atoms. The molecule has 1 aromatic heterocycles. The van der Waals surface area contributed by atoms with Gasteiger partial charge < -0.3 is 9.64 Å². The molecule has 0 saturated carbocycles. The van der Waals surface area contributed by atoms with Crippen molar-refractivity contribution < 1.29 is 9.53 Å². The van der Waals surface area contributed by atoms with Crippen molar-refractivity contribution in [2.45, 2.75) is 6.54 Å². The number of hydrogen-bond donors (Lipinski definition) is 0. The predicted octanol–water partition coefficient (Wildman–Crippen LogP) is 3.30. The molecule has 1 aliphatic heterocycles. The molecule has 4 nitrogen and oxygen atoms in total. The maximum atomic E-state index is 11.2. The highest BCUT2D eigenvalue weighted by Gasteiger charge is 2.18.